The molecule has 1 aromatic carbocycles. The summed E-state index contributed by atoms with van der Waals surface area (Å²) in [5.41, 5.74) is 2.24. The van der Waals surface area contributed by atoms with Crippen molar-refractivity contribution < 1.29 is 4.42 Å². The first-order valence-corrected chi connectivity index (χ1v) is 8.18. The fourth-order valence-electron chi connectivity index (χ4n) is 2.33. The predicted molar refractivity (Wildman–Crippen MR) is 97.0 cm³/mol. The van der Waals surface area contributed by atoms with Crippen LogP contribution in [0.5, 0.6) is 0 Å². The van der Waals surface area contributed by atoms with E-state index in [0.717, 1.165) is 37.0 Å². The van der Waals surface area contributed by atoms with Crippen molar-refractivity contribution in [3.63, 3.8) is 0 Å². The number of nitrogens with zero attached hydrogens (tertiary/aromatic N) is 3. The van der Waals surface area contributed by atoms with Gasteiger partial charge in [0.1, 0.15) is 5.76 Å². The van der Waals surface area contributed by atoms with Crippen molar-refractivity contribution in [2.75, 3.05) is 27.2 Å². The van der Waals surface area contributed by atoms with Crippen LogP contribution in [0, 0.1) is 13.8 Å². The standard InChI is InChI=1S/C18H27N5O/c1-14-15(2)24-17(22-14)12-21-18(19-3)20-10-11-23(4)13-16-8-6-5-7-9-16/h5-9H,10-13H2,1-4H3,(H2,19,20,21). The van der Waals surface area contributed by atoms with E-state index in [1.807, 2.05) is 19.9 Å². The molecule has 2 rings (SSSR count). The molecule has 0 aliphatic heterocycles. The Morgan fingerprint density at radius 1 is 1.21 bits per heavy atom. The predicted octanol–water partition coefficient (Wildman–Crippen LogP) is 2.09. The molecule has 0 unspecified atom stereocenters. The highest BCUT2D eigenvalue weighted by Crippen LogP contribution is 2.07. The van der Waals surface area contributed by atoms with E-state index in [9.17, 15) is 0 Å². The summed E-state index contributed by atoms with van der Waals surface area (Å²) >= 11 is 0. The van der Waals surface area contributed by atoms with Crippen molar-refractivity contribution in [3.8, 4) is 0 Å². The van der Waals surface area contributed by atoms with E-state index in [2.05, 4.69) is 56.8 Å². The van der Waals surface area contributed by atoms with E-state index in [0.29, 0.717) is 12.4 Å². The van der Waals surface area contributed by atoms with Crippen LogP contribution in [0.25, 0.3) is 0 Å². The molecule has 1 aromatic heterocycles. The topological polar surface area (TPSA) is 65.7 Å². The molecular formula is C18H27N5O. The van der Waals surface area contributed by atoms with Crippen LogP contribution in [-0.4, -0.2) is 43.0 Å². The van der Waals surface area contributed by atoms with Crippen LogP contribution in [0.1, 0.15) is 22.9 Å². The van der Waals surface area contributed by atoms with E-state index in [-0.39, 0.29) is 0 Å². The molecule has 0 fully saturated rings. The largest absolute Gasteiger partial charge is 0.444 e. The van der Waals surface area contributed by atoms with Crippen LogP contribution in [-0.2, 0) is 13.1 Å². The maximum Gasteiger partial charge on any atom is 0.214 e. The Bertz CT molecular complexity index is 631. The van der Waals surface area contributed by atoms with Gasteiger partial charge in [-0.15, -0.1) is 0 Å². The fraction of sp³-hybridized carbons (Fsp3) is 0.444. The Morgan fingerprint density at radius 3 is 2.58 bits per heavy atom. The van der Waals surface area contributed by atoms with E-state index in [4.69, 9.17) is 4.42 Å². The average Bonchev–Trinajstić information content (AvgIpc) is 2.90. The summed E-state index contributed by atoms with van der Waals surface area (Å²) in [6.07, 6.45) is 0. The number of benzene rings is 1. The average molecular weight is 329 g/mol. The van der Waals surface area contributed by atoms with Gasteiger partial charge < -0.3 is 20.0 Å². The number of nitrogens with one attached hydrogen (secondary N) is 2. The SMILES string of the molecule is CN=C(NCCN(C)Cc1ccccc1)NCc1nc(C)c(C)o1. The third-order valence-corrected chi connectivity index (χ3v) is 3.78. The Morgan fingerprint density at radius 2 is 1.96 bits per heavy atom. The zero-order chi connectivity index (χ0) is 17.4. The van der Waals surface area contributed by atoms with Crippen LogP contribution in [0.4, 0.5) is 0 Å². The molecule has 0 aliphatic carbocycles. The van der Waals surface area contributed by atoms with Crippen molar-refractivity contribution >= 4 is 5.96 Å². The minimum Gasteiger partial charge on any atom is -0.444 e. The number of guanidine groups is 1. The summed E-state index contributed by atoms with van der Waals surface area (Å²) in [4.78, 5) is 10.8. The van der Waals surface area contributed by atoms with Crippen molar-refractivity contribution in [2.24, 2.45) is 4.99 Å². The van der Waals surface area contributed by atoms with E-state index < -0.39 is 0 Å². The molecule has 0 spiro atoms. The van der Waals surface area contributed by atoms with Gasteiger partial charge in [0.2, 0.25) is 5.89 Å². The molecular weight excluding hydrogens is 302 g/mol. The van der Waals surface area contributed by atoms with Gasteiger partial charge >= 0.3 is 0 Å². The van der Waals surface area contributed by atoms with E-state index >= 15 is 0 Å². The fourth-order valence-corrected chi connectivity index (χ4v) is 2.33. The lowest BCUT2D eigenvalue weighted by Gasteiger charge is -2.18. The van der Waals surface area contributed by atoms with Crippen LogP contribution >= 0.6 is 0 Å². The lowest BCUT2D eigenvalue weighted by atomic mass is 10.2. The summed E-state index contributed by atoms with van der Waals surface area (Å²) in [7, 11) is 3.87. The molecule has 2 N–H and O–H groups in total. The molecule has 24 heavy (non-hydrogen) atoms. The van der Waals surface area contributed by atoms with Gasteiger partial charge in [-0.25, -0.2) is 4.98 Å². The smallest absolute Gasteiger partial charge is 0.214 e. The quantitative estimate of drug-likeness (QED) is 0.601. The number of aryl methyl sites for hydroxylation is 2. The lowest BCUT2D eigenvalue weighted by molar-refractivity contribution is 0.331. The molecule has 0 bridgehead atoms. The summed E-state index contributed by atoms with van der Waals surface area (Å²) in [6, 6.07) is 10.5. The van der Waals surface area contributed by atoms with Crippen LogP contribution in [0.2, 0.25) is 0 Å². The van der Waals surface area contributed by atoms with Gasteiger partial charge in [-0.05, 0) is 26.5 Å². The van der Waals surface area contributed by atoms with Crippen molar-refractivity contribution in [1.29, 1.82) is 0 Å². The van der Waals surface area contributed by atoms with Crippen LogP contribution < -0.4 is 10.6 Å². The second-order valence-electron chi connectivity index (χ2n) is 5.83. The van der Waals surface area contributed by atoms with Crippen molar-refractivity contribution in [3.05, 3.63) is 53.2 Å². The molecule has 6 nitrogen and oxygen atoms in total. The third kappa shape index (κ3) is 5.70. The summed E-state index contributed by atoms with van der Waals surface area (Å²) in [6.45, 7) is 7.05. The van der Waals surface area contributed by atoms with Crippen LogP contribution in [0.3, 0.4) is 0 Å². The number of aromatic nitrogens is 1. The Hall–Kier alpha value is -2.34. The highest BCUT2D eigenvalue weighted by Gasteiger charge is 2.06. The molecule has 0 saturated carbocycles. The number of hydrogen-bond acceptors (Lipinski definition) is 4. The minimum atomic E-state index is 0.522. The zero-order valence-corrected chi connectivity index (χ0v) is 15.0. The molecule has 2 aromatic rings. The Labute approximate surface area is 144 Å². The molecule has 0 aliphatic rings. The number of rotatable bonds is 7. The maximum atomic E-state index is 5.55. The minimum absolute atomic E-state index is 0.522. The number of likely N-dealkylation sites (N-methyl/N-ethyl adjacent to an activating group) is 1. The van der Waals surface area contributed by atoms with Gasteiger partial charge in [-0.1, -0.05) is 30.3 Å². The molecule has 0 atom stereocenters. The molecule has 0 radical (unpaired) electrons. The number of oxazole rings is 1. The maximum absolute atomic E-state index is 5.55. The second-order valence-corrected chi connectivity index (χ2v) is 5.83. The van der Waals surface area contributed by atoms with E-state index in [1.165, 1.54) is 5.56 Å². The van der Waals surface area contributed by atoms with Crippen LogP contribution in [0.15, 0.2) is 39.7 Å². The van der Waals surface area contributed by atoms with Gasteiger partial charge in [-0.3, -0.25) is 4.99 Å². The third-order valence-electron chi connectivity index (χ3n) is 3.78. The van der Waals surface area contributed by atoms with Gasteiger partial charge in [0, 0.05) is 26.7 Å². The lowest BCUT2D eigenvalue weighted by Crippen LogP contribution is -2.40. The normalized spacial score (nSPS) is 11.8. The monoisotopic (exact) mass is 329 g/mol. The molecule has 0 saturated heterocycles. The number of aliphatic imine (C=N–C) groups is 1. The van der Waals surface area contributed by atoms with E-state index in [1.54, 1.807) is 7.05 Å². The summed E-state index contributed by atoms with van der Waals surface area (Å²) in [5, 5.41) is 6.52. The van der Waals surface area contributed by atoms with Gasteiger partial charge in [0.05, 0.1) is 12.2 Å². The first-order chi connectivity index (χ1) is 11.6. The highest BCUT2D eigenvalue weighted by atomic mass is 16.4. The van der Waals surface area contributed by atoms with Gasteiger partial charge in [0.25, 0.3) is 0 Å². The van der Waals surface area contributed by atoms with Gasteiger partial charge in [0.15, 0.2) is 5.96 Å². The highest BCUT2D eigenvalue weighted by molar-refractivity contribution is 5.79. The Balaban J connectivity index is 1.69. The molecule has 130 valence electrons. The Kier molecular flexibility index (Phi) is 6.81. The van der Waals surface area contributed by atoms with Gasteiger partial charge in [-0.2, -0.15) is 0 Å². The first kappa shape index (κ1) is 18.0. The summed E-state index contributed by atoms with van der Waals surface area (Å²) in [5.74, 6) is 2.28. The zero-order valence-electron chi connectivity index (χ0n) is 15.0. The van der Waals surface area contributed by atoms with Crippen molar-refractivity contribution in [2.45, 2.75) is 26.9 Å². The second kappa shape index (κ2) is 9.08. The number of hydrogen-bond donors (Lipinski definition) is 2. The molecule has 6 heteroatoms. The molecule has 1 heterocycles. The van der Waals surface area contributed by atoms with Crippen molar-refractivity contribution in [1.82, 2.24) is 20.5 Å². The first-order valence-electron chi connectivity index (χ1n) is 8.18. The summed E-state index contributed by atoms with van der Waals surface area (Å²) < 4.78 is 5.55. The molecule has 0 amide bonds.